The quantitative estimate of drug-likeness (QED) is 0.729. The lowest BCUT2D eigenvalue weighted by Crippen LogP contribution is -2.47. The van der Waals surface area contributed by atoms with Crippen LogP contribution in [0.4, 0.5) is 11.4 Å². The number of ether oxygens (including phenoxy) is 2. The summed E-state index contributed by atoms with van der Waals surface area (Å²) in [4.78, 5) is 12.9. The summed E-state index contributed by atoms with van der Waals surface area (Å²) in [7, 11) is -3.80. The van der Waals surface area contributed by atoms with Crippen molar-refractivity contribution >= 4 is 50.5 Å². The molecule has 0 saturated carbocycles. The van der Waals surface area contributed by atoms with Gasteiger partial charge in [-0.2, -0.15) is 0 Å². The smallest absolute Gasteiger partial charge is 0.248 e. The number of halogens is 2. The van der Waals surface area contributed by atoms with Crippen molar-refractivity contribution in [3.05, 3.63) is 46.4 Å². The highest BCUT2D eigenvalue weighted by atomic mass is 35.5. The van der Waals surface area contributed by atoms with Crippen molar-refractivity contribution in [2.75, 3.05) is 22.7 Å². The minimum Gasteiger partial charge on any atom is -0.454 e. The molecule has 0 radical (unpaired) electrons. The maximum absolute atomic E-state index is 12.9. The average Bonchev–Trinajstić information content (AvgIpc) is 3.05. The van der Waals surface area contributed by atoms with E-state index in [1.165, 1.54) is 18.2 Å². The number of amides is 1. The Morgan fingerprint density at radius 1 is 1.14 bits per heavy atom. The van der Waals surface area contributed by atoms with Crippen LogP contribution in [0, 0.1) is 0 Å². The van der Waals surface area contributed by atoms with Crippen molar-refractivity contribution in [2.24, 2.45) is 0 Å². The van der Waals surface area contributed by atoms with Gasteiger partial charge in [0.2, 0.25) is 22.7 Å². The summed E-state index contributed by atoms with van der Waals surface area (Å²) in [6.45, 7) is 1.83. The number of carbonyl (C=O) groups excluding carboxylic acids is 1. The van der Waals surface area contributed by atoms with E-state index in [1.54, 1.807) is 25.1 Å². The molecule has 0 bridgehead atoms. The molecule has 3 rings (SSSR count). The van der Waals surface area contributed by atoms with Crippen LogP contribution in [-0.2, 0) is 14.8 Å². The lowest BCUT2D eigenvalue weighted by molar-refractivity contribution is -0.117. The van der Waals surface area contributed by atoms with Gasteiger partial charge in [0, 0.05) is 21.8 Å². The van der Waals surface area contributed by atoms with Crippen LogP contribution >= 0.6 is 23.2 Å². The Bertz CT molecular complexity index is 993. The van der Waals surface area contributed by atoms with Crippen molar-refractivity contribution in [1.29, 1.82) is 0 Å². The number of sulfonamides is 1. The summed E-state index contributed by atoms with van der Waals surface area (Å²) in [6.07, 6.45) is 1.26. The second-order valence-corrected chi connectivity index (χ2v) is 8.90. The highest BCUT2D eigenvalue weighted by Crippen LogP contribution is 2.35. The van der Waals surface area contributed by atoms with E-state index >= 15 is 0 Å². The number of rotatable bonds is 6. The molecule has 150 valence electrons. The van der Waals surface area contributed by atoms with Gasteiger partial charge in [0.15, 0.2) is 11.5 Å². The summed E-state index contributed by atoms with van der Waals surface area (Å²) in [6, 6.07) is 8.32. The Kier molecular flexibility index (Phi) is 5.92. The maximum atomic E-state index is 12.9. The predicted molar refractivity (Wildman–Crippen MR) is 109 cm³/mol. The molecule has 1 aliphatic heterocycles. The number of carbonyl (C=O) groups is 1. The van der Waals surface area contributed by atoms with Gasteiger partial charge in [-0.25, -0.2) is 8.42 Å². The zero-order chi connectivity index (χ0) is 20.5. The van der Waals surface area contributed by atoms with Gasteiger partial charge in [0.05, 0.1) is 11.9 Å². The number of fused-ring (bicyclic) bond motifs is 1. The number of benzene rings is 2. The summed E-state index contributed by atoms with van der Waals surface area (Å²) >= 11 is 12.0. The molecule has 0 saturated heterocycles. The Labute approximate surface area is 173 Å². The lowest BCUT2D eigenvalue weighted by Gasteiger charge is -2.30. The van der Waals surface area contributed by atoms with Crippen LogP contribution in [0.3, 0.4) is 0 Å². The van der Waals surface area contributed by atoms with Crippen LogP contribution in [0.1, 0.15) is 13.3 Å². The minimum atomic E-state index is -3.80. The van der Waals surface area contributed by atoms with Crippen LogP contribution in [0.15, 0.2) is 36.4 Å². The van der Waals surface area contributed by atoms with Gasteiger partial charge in [-0.05, 0) is 36.8 Å². The molecule has 7 nitrogen and oxygen atoms in total. The number of nitrogens with one attached hydrogen (secondary N) is 1. The number of nitrogens with zero attached hydrogens (tertiary/aromatic N) is 1. The highest BCUT2D eigenvalue weighted by molar-refractivity contribution is 7.92. The number of hydrogen-bond acceptors (Lipinski definition) is 5. The van der Waals surface area contributed by atoms with Gasteiger partial charge >= 0.3 is 0 Å². The average molecular weight is 445 g/mol. The van der Waals surface area contributed by atoms with Crippen molar-refractivity contribution in [3.8, 4) is 11.5 Å². The molecule has 1 N–H and O–H groups in total. The number of hydrogen-bond donors (Lipinski definition) is 1. The molecule has 0 unspecified atom stereocenters. The summed E-state index contributed by atoms with van der Waals surface area (Å²) in [5.74, 6) is 0.590. The van der Waals surface area contributed by atoms with Crippen LogP contribution in [0.5, 0.6) is 11.5 Å². The van der Waals surface area contributed by atoms with E-state index in [0.29, 0.717) is 17.2 Å². The molecule has 1 heterocycles. The monoisotopic (exact) mass is 444 g/mol. The van der Waals surface area contributed by atoms with Crippen LogP contribution in [0.2, 0.25) is 10.0 Å². The third-order valence-corrected chi connectivity index (χ3v) is 5.69. The first-order valence-electron chi connectivity index (χ1n) is 8.35. The Morgan fingerprint density at radius 3 is 2.39 bits per heavy atom. The fourth-order valence-corrected chi connectivity index (χ4v) is 4.64. The van der Waals surface area contributed by atoms with E-state index in [2.05, 4.69) is 5.32 Å². The molecule has 0 aliphatic carbocycles. The Hall–Kier alpha value is -2.16. The third kappa shape index (κ3) is 4.45. The molecular weight excluding hydrogens is 427 g/mol. The Morgan fingerprint density at radius 2 is 1.79 bits per heavy atom. The fourth-order valence-electron chi connectivity index (χ4n) is 2.93. The molecule has 1 aliphatic rings. The highest BCUT2D eigenvalue weighted by Gasteiger charge is 2.32. The Balaban J connectivity index is 1.92. The summed E-state index contributed by atoms with van der Waals surface area (Å²) in [5, 5.41) is 3.26. The largest absolute Gasteiger partial charge is 0.454 e. The standard InChI is InChI=1S/C18H18Cl2N2O5S/c1-3-15(18(23)21-13-4-5-16-17(9-13)27-10-26-16)22(28(2,24)25)14-7-11(19)6-12(20)8-14/h4-9,15H,3,10H2,1-2H3,(H,21,23)/t15-/m1/s1. The fraction of sp³-hybridized carbons (Fsp3) is 0.278. The second-order valence-electron chi connectivity index (χ2n) is 6.17. The molecule has 10 heteroatoms. The molecule has 0 fully saturated rings. The van der Waals surface area contributed by atoms with E-state index in [0.717, 1.165) is 10.6 Å². The molecule has 2 aromatic carbocycles. The van der Waals surface area contributed by atoms with Gasteiger partial charge in [-0.1, -0.05) is 30.1 Å². The maximum Gasteiger partial charge on any atom is 0.248 e. The van der Waals surface area contributed by atoms with Gasteiger partial charge in [0.1, 0.15) is 6.04 Å². The zero-order valence-electron chi connectivity index (χ0n) is 15.1. The minimum absolute atomic E-state index is 0.113. The van der Waals surface area contributed by atoms with E-state index < -0.39 is 22.0 Å². The normalized spacial score (nSPS) is 13.9. The van der Waals surface area contributed by atoms with E-state index in [-0.39, 0.29) is 28.9 Å². The van der Waals surface area contributed by atoms with Crippen molar-refractivity contribution in [1.82, 2.24) is 0 Å². The first-order chi connectivity index (χ1) is 13.2. The van der Waals surface area contributed by atoms with E-state index in [4.69, 9.17) is 32.7 Å². The first-order valence-corrected chi connectivity index (χ1v) is 11.0. The third-order valence-electron chi connectivity index (χ3n) is 4.07. The molecule has 1 atom stereocenters. The van der Waals surface area contributed by atoms with E-state index in [1.807, 2.05) is 0 Å². The van der Waals surface area contributed by atoms with Gasteiger partial charge < -0.3 is 14.8 Å². The van der Waals surface area contributed by atoms with E-state index in [9.17, 15) is 13.2 Å². The molecule has 1 amide bonds. The van der Waals surface area contributed by atoms with Crippen molar-refractivity contribution in [2.45, 2.75) is 19.4 Å². The second kappa shape index (κ2) is 8.06. The van der Waals surface area contributed by atoms with Crippen molar-refractivity contribution < 1.29 is 22.7 Å². The molecular formula is C18H18Cl2N2O5S. The topological polar surface area (TPSA) is 84.9 Å². The zero-order valence-corrected chi connectivity index (χ0v) is 17.4. The molecule has 0 aromatic heterocycles. The first kappa shape index (κ1) is 20.6. The molecule has 28 heavy (non-hydrogen) atoms. The lowest BCUT2D eigenvalue weighted by atomic mass is 10.1. The predicted octanol–water partition coefficient (Wildman–Crippen LogP) is 3.91. The van der Waals surface area contributed by atoms with Gasteiger partial charge in [-0.15, -0.1) is 0 Å². The van der Waals surface area contributed by atoms with Gasteiger partial charge in [-0.3, -0.25) is 9.10 Å². The SMILES string of the molecule is CC[C@H](C(=O)Nc1ccc2c(c1)OCO2)N(c1cc(Cl)cc(Cl)c1)S(C)(=O)=O. The summed E-state index contributed by atoms with van der Waals surface area (Å²) < 4.78 is 36.5. The summed E-state index contributed by atoms with van der Waals surface area (Å²) in [5.41, 5.74) is 0.679. The van der Waals surface area contributed by atoms with Crippen molar-refractivity contribution in [3.63, 3.8) is 0 Å². The van der Waals surface area contributed by atoms with Crippen LogP contribution in [-0.4, -0.2) is 33.4 Å². The molecule has 2 aromatic rings. The number of anilines is 2. The van der Waals surface area contributed by atoms with Gasteiger partial charge in [0.25, 0.3) is 0 Å². The van der Waals surface area contributed by atoms with Crippen LogP contribution < -0.4 is 19.1 Å². The molecule has 0 spiro atoms. The van der Waals surface area contributed by atoms with Crippen LogP contribution in [0.25, 0.3) is 0 Å².